The van der Waals surface area contributed by atoms with E-state index in [9.17, 15) is 9.59 Å². The summed E-state index contributed by atoms with van der Waals surface area (Å²) in [5.41, 5.74) is 3.23. The first-order valence-corrected chi connectivity index (χ1v) is 11.9. The predicted molar refractivity (Wildman–Crippen MR) is 141 cm³/mol. The number of halogens is 1. The van der Waals surface area contributed by atoms with Crippen molar-refractivity contribution in [3.05, 3.63) is 88.4 Å². The summed E-state index contributed by atoms with van der Waals surface area (Å²) in [7, 11) is 0. The Morgan fingerprint density at radius 2 is 1.74 bits per heavy atom. The molecule has 3 aromatic carbocycles. The number of nitrogens with zero attached hydrogens (tertiary/aromatic N) is 2. The Hall–Kier alpha value is -3.91. The second-order valence-corrected chi connectivity index (χ2v) is 8.52. The highest BCUT2D eigenvalue weighted by Gasteiger charge is 2.28. The molecule has 0 aliphatic carbocycles. The van der Waals surface area contributed by atoms with Crippen LogP contribution < -0.4 is 19.8 Å². The van der Waals surface area contributed by atoms with Gasteiger partial charge in [-0.25, -0.2) is 0 Å². The summed E-state index contributed by atoms with van der Waals surface area (Å²) in [4.78, 5) is 25.4. The molecule has 1 N–H and O–H groups in total. The molecule has 0 bridgehead atoms. The van der Waals surface area contributed by atoms with Crippen LogP contribution in [0, 0.1) is 0 Å². The predicted octanol–water partition coefficient (Wildman–Crippen LogP) is 5.67. The number of rotatable bonds is 8. The molecule has 4 rings (SSSR count). The van der Waals surface area contributed by atoms with Gasteiger partial charge >= 0.3 is 0 Å². The Morgan fingerprint density at radius 1 is 1.06 bits per heavy atom. The molecule has 0 spiro atoms. The third-order valence-electron chi connectivity index (χ3n) is 5.11. The average molecular weight is 534 g/mol. The number of para-hydroxylation sites is 2. The van der Waals surface area contributed by atoms with Crippen LogP contribution >= 0.6 is 15.9 Å². The number of hydrazone groups is 1. The molecular formula is C27H24BrN3O4. The molecule has 0 saturated carbocycles. The van der Waals surface area contributed by atoms with E-state index < -0.39 is 0 Å². The van der Waals surface area contributed by atoms with Crippen LogP contribution in [0.25, 0.3) is 6.08 Å². The molecule has 0 unspecified atom stereocenters. The molecule has 3 aromatic rings. The third-order valence-corrected chi connectivity index (χ3v) is 5.70. The molecular weight excluding hydrogens is 510 g/mol. The van der Waals surface area contributed by atoms with Crippen molar-refractivity contribution < 1.29 is 19.1 Å². The van der Waals surface area contributed by atoms with Crippen LogP contribution in [0.5, 0.6) is 11.5 Å². The normalized spacial score (nSPS) is 14.1. The van der Waals surface area contributed by atoms with Gasteiger partial charge in [-0.15, -0.1) is 0 Å². The van der Waals surface area contributed by atoms with Gasteiger partial charge in [0, 0.05) is 5.69 Å². The number of ether oxygens (including phenoxy) is 2. The van der Waals surface area contributed by atoms with Crippen molar-refractivity contribution in [2.75, 3.05) is 23.5 Å². The number of amides is 2. The maximum Gasteiger partial charge on any atom is 0.280 e. The fourth-order valence-electron chi connectivity index (χ4n) is 3.53. The van der Waals surface area contributed by atoms with Gasteiger partial charge in [-0.05, 0) is 77.8 Å². The van der Waals surface area contributed by atoms with Crippen molar-refractivity contribution in [1.82, 2.24) is 0 Å². The summed E-state index contributed by atoms with van der Waals surface area (Å²) < 4.78 is 12.2. The lowest BCUT2D eigenvalue weighted by atomic mass is 10.1. The minimum Gasteiger partial charge on any atom is -0.490 e. The maximum atomic E-state index is 13.0. The lowest BCUT2D eigenvalue weighted by molar-refractivity contribution is -0.118. The zero-order valence-corrected chi connectivity index (χ0v) is 20.9. The second-order valence-electron chi connectivity index (χ2n) is 7.66. The summed E-state index contributed by atoms with van der Waals surface area (Å²) in [6.07, 6.45) is 1.77. The van der Waals surface area contributed by atoms with Gasteiger partial charge in [0.15, 0.2) is 18.1 Å². The molecule has 1 aliphatic heterocycles. The number of benzene rings is 3. The van der Waals surface area contributed by atoms with Gasteiger partial charge in [-0.1, -0.05) is 36.4 Å². The average Bonchev–Trinajstić information content (AvgIpc) is 3.13. The van der Waals surface area contributed by atoms with Gasteiger partial charge in [0.25, 0.3) is 11.8 Å². The molecule has 2 amide bonds. The summed E-state index contributed by atoms with van der Waals surface area (Å²) in [6, 6.07) is 22.0. The standard InChI is InChI=1S/C27H24BrN3O4/c1-3-34-24-16-19(14-22-18(2)30-31(27(22)33)21-12-8-5-9-13-21)15-23(28)26(24)35-17-25(32)29-20-10-6-4-7-11-20/h4-16H,3,17H2,1-2H3,(H,29,32)/b22-14+. The van der Waals surface area contributed by atoms with E-state index >= 15 is 0 Å². The van der Waals surface area contributed by atoms with Crippen molar-refractivity contribution in [3.63, 3.8) is 0 Å². The summed E-state index contributed by atoms with van der Waals surface area (Å²) >= 11 is 3.52. The molecule has 0 atom stereocenters. The van der Waals surface area contributed by atoms with E-state index in [1.54, 1.807) is 31.2 Å². The second kappa shape index (κ2) is 11.0. The molecule has 7 nitrogen and oxygen atoms in total. The highest BCUT2D eigenvalue weighted by Crippen LogP contribution is 2.38. The highest BCUT2D eigenvalue weighted by atomic mass is 79.9. The van der Waals surface area contributed by atoms with E-state index in [1.165, 1.54) is 5.01 Å². The molecule has 1 aliphatic rings. The molecule has 178 valence electrons. The van der Waals surface area contributed by atoms with Crippen molar-refractivity contribution >= 4 is 50.9 Å². The first-order valence-electron chi connectivity index (χ1n) is 11.1. The lowest BCUT2D eigenvalue weighted by Gasteiger charge is -2.15. The fraction of sp³-hybridized carbons (Fsp3) is 0.148. The van der Waals surface area contributed by atoms with Crippen LogP contribution in [0.1, 0.15) is 19.4 Å². The molecule has 1 heterocycles. The van der Waals surface area contributed by atoms with Crippen LogP contribution in [0.4, 0.5) is 11.4 Å². The van der Waals surface area contributed by atoms with Gasteiger partial charge in [0.05, 0.1) is 28.1 Å². The lowest BCUT2D eigenvalue weighted by Crippen LogP contribution is -2.21. The minimum absolute atomic E-state index is 0.190. The Balaban J connectivity index is 1.54. The number of hydrogen-bond acceptors (Lipinski definition) is 5. The summed E-state index contributed by atoms with van der Waals surface area (Å²) in [6.45, 7) is 3.87. The smallest absolute Gasteiger partial charge is 0.280 e. The third kappa shape index (κ3) is 5.78. The Morgan fingerprint density at radius 3 is 2.43 bits per heavy atom. The van der Waals surface area contributed by atoms with E-state index in [-0.39, 0.29) is 18.4 Å². The van der Waals surface area contributed by atoms with Crippen molar-refractivity contribution in [2.45, 2.75) is 13.8 Å². The number of carbonyl (C=O) groups is 2. The van der Waals surface area contributed by atoms with Crippen LogP contribution in [0.15, 0.2) is 87.9 Å². The monoisotopic (exact) mass is 533 g/mol. The fourth-order valence-corrected chi connectivity index (χ4v) is 4.10. The first-order chi connectivity index (χ1) is 17.0. The molecule has 8 heteroatoms. The van der Waals surface area contributed by atoms with E-state index in [0.29, 0.717) is 45.2 Å². The van der Waals surface area contributed by atoms with Gasteiger partial charge in [0.2, 0.25) is 0 Å². The topological polar surface area (TPSA) is 80.2 Å². The number of carbonyl (C=O) groups excluding carboxylic acids is 2. The number of anilines is 2. The van der Waals surface area contributed by atoms with Gasteiger partial charge < -0.3 is 14.8 Å². The van der Waals surface area contributed by atoms with Crippen LogP contribution in [0.3, 0.4) is 0 Å². The van der Waals surface area contributed by atoms with Gasteiger partial charge in [-0.2, -0.15) is 10.1 Å². The first kappa shape index (κ1) is 24.2. The van der Waals surface area contributed by atoms with Crippen molar-refractivity contribution in [3.8, 4) is 11.5 Å². The minimum atomic E-state index is -0.291. The van der Waals surface area contributed by atoms with E-state index in [0.717, 1.165) is 5.56 Å². The van der Waals surface area contributed by atoms with Crippen LogP contribution in [0.2, 0.25) is 0 Å². The van der Waals surface area contributed by atoms with Gasteiger partial charge in [-0.3, -0.25) is 9.59 Å². The summed E-state index contributed by atoms with van der Waals surface area (Å²) in [5.74, 6) is 0.370. The maximum absolute atomic E-state index is 13.0. The Bertz CT molecular complexity index is 1290. The summed E-state index contributed by atoms with van der Waals surface area (Å²) in [5, 5.41) is 8.60. The van der Waals surface area contributed by atoms with Gasteiger partial charge in [0.1, 0.15) is 0 Å². The zero-order chi connectivity index (χ0) is 24.8. The number of nitrogens with one attached hydrogen (secondary N) is 1. The molecule has 0 aromatic heterocycles. The van der Waals surface area contributed by atoms with E-state index in [2.05, 4.69) is 26.3 Å². The molecule has 0 radical (unpaired) electrons. The Kier molecular flexibility index (Phi) is 7.62. The van der Waals surface area contributed by atoms with E-state index in [1.807, 2.05) is 61.5 Å². The number of hydrogen-bond donors (Lipinski definition) is 1. The SMILES string of the molecule is CCOc1cc(/C=C2/C(=O)N(c3ccccc3)N=C2C)cc(Br)c1OCC(=O)Nc1ccccc1. The van der Waals surface area contributed by atoms with Crippen LogP contribution in [-0.2, 0) is 9.59 Å². The Labute approximate surface area is 212 Å². The largest absolute Gasteiger partial charge is 0.490 e. The highest BCUT2D eigenvalue weighted by molar-refractivity contribution is 9.10. The van der Waals surface area contributed by atoms with Crippen molar-refractivity contribution in [1.29, 1.82) is 0 Å². The molecule has 35 heavy (non-hydrogen) atoms. The molecule has 0 saturated heterocycles. The quantitative estimate of drug-likeness (QED) is 0.378. The zero-order valence-electron chi connectivity index (χ0n) is 19.3. The molecule has 0 fully saturated rings. The van der Waals surface area contributed by atoms with Crippen LogP contribution in [-0.4, -0.2) is 30.7 Å². The van der Waals surface area contributed by atoms with Crippen molar-refractivity contribution in [2.24, 2.45) is 5.10 Å². The van der Waals surface area contributed by atoms with E-state index in [4.69, 9.17) is 9.47 Å².